The molecule has 0 aliphatic carbocycles. The van der Waals surface area contributed by atoms with E-state index in [0.29, 0.717) is 18.4 Å². The number of rotatable bonds is 6. The fourth-order valence-electron chi connectivity index (χ4n) is 1.93. The predicted molar refractivity (Wildman–Crippen MR) is 84.7 cm³/mol. The Morgan fingerprint density at radius 2 is 1.95 bits per heavy atom. The molecule has 21 heavy (non-hydrogen) atoms. The molecule has 6 nitrogen and oxygen atoms in total. The van der Waals surface area contributed by atoms with Crippen LogP contribution in [0.3, 0.4) is 0 Å². The first-order chi connectivity index (χ1) is 10.1. The minimum Gasteiger partial charge on any atom is -0.354 e. The first-order valence-corrected chi connectivity index (χ1v) is 7.33. The maximum absolute atomic E-state index is 5.97. The Morgan fingerprint density at radius 1 is 1.14 bits per heavy atom. The van der Waals surface area contributed by atoms with Crippen LogP contribution in [0.25, 0.3) is 0 Å². The molecule has 2 aromatic rings. The molecule has 0 fully saturated rings. The van der Waals surface area contributed by atoms with Gasteiger partial charge in [0, 0.05) is 18.8 Å². The van der Waals surface area contributed by atoms with E-state index in [1.807, 2.05) is 43.9 Å². The highest BCUT2D eigenvalue weighted by atomic mass is 35.5. The van der Waals surface area contributed by atoms with Gasteiger partial charge in [-0.05, 0) is 44.5 Å². The van der Waals surface area contributed by atoms with Crippen molar-refractivity contribution in [1.29, 1.82) is 0 Å². The molecule has 0 atom stereocenters. The Hall–Kier alpha value is -1.95. The van der Waals surface area contributed by atoms with E-state index in [4.69, 9.17) is 11.6 Å². The molecule has 0 bridgehead atoms. The first-order valence-electron chi connectivity index (χ1n) is 6.95. The Labute approximate surface area is 129 Å². The maximum atomic E-state index is 5.97. The Balaban J connectivity index is 2.24. The van der Waals surface area contributed by atoms with Crippen molar-refractivity contribution in [1.82, 2.24) is 19.9 Å². The van der Waals surface area contributed by atoms with E-state index < -0.39 is 0 Å². The molecule has 0 radical (unpaired) electrons. The molecule has 0 unspecified atom stereocenters. The minimum absolute atomic E-state index is 0.187. The number of nitrogens with one attached hydrogen (secondary N) is 1. The lowest BCUT2D eigenvalue weighted by Gasteiger charge is -2.20. The Morgan fingerprint density at radius 3 is 2.62 bits per heavy atom. The quantitative estimate of drug-likeness (QED) is 0.885. The van der Waals surface area contributed by atoms with Gasteiger partial charge in [0.25, 0.3) is 0 Å². The second-order valence-corrected chi connectivity index (χ2v) is 4.88. The van der Waals surface area contributed by atoms with Gasteiger partial charge in [0.05, 0.1) is 12.2 Å². The van der Waals surface area contributed by atoms with E-state index in [1.165, 1.54) is 0 Å². The summed E-state index contributed by atoms with van der Waals surface area (Å²) in [5.74, 6) is 1.04. The number of aromatic nitrogens is 4. The number of aryl methyl sites for hydroxylation is 1. The Kier molecular flexibility index (Phi) is 5.27. The number of hydrogen-bond donors (Lipinski definition) is 1. The zero-order valence-corrected chi connectivity index (χ0v) is 13.2. The van der Waals surface area contributed by atoms with Crippen LogP contribution in [-0.4, -0.2) is 33.0 Å². The third-order valence-corrected chi connectivity index (χ3v) is 3.06. The fraction of sp³-hybridized carbons (Fsp3) is 0.429. The molecule has 2 rings (SSSR count). The van der Waals surface area contributed by atoms with Gasteiger partial charge in [-0.1, -0.05) is 6.07 Å². The highest BCUT2D eigenvalue weighted by molar-refractivity contribution is 6.28. The molecular formula is C14H19ClN6. The predicted octanol–water partition coefficient (Wildman–Crippen LogP) is 2.69. The third kappa shape index (κ3) is 4.26. The molecule has 0 saturated carbocycles. The summed E-state index contributed by atoms with van der Waals surface area (Å²) in [7, 11) is 0. The molecule has 0 saturated heterocycles. The molecule has 0 aromatic carbocycles. The van der Waals surface area contributed by atoms with E-state index in [0.717, 1.165) is 24.5 Å². The lowest BCUT2D eigenvalue weighted by atomic mass is 10.3. The average Bonchev–Trinajstić information content (AvgIpc) is 2.44. The van der Waals surface area contributed by atoms with Gasteiger partial charge in [-0.2, -0.15) is 15.0 Å². The van der Waals surface area contributed by atoms with E-state index in [-0.39, 0.29) is 5.28 Å². The van der Waals surface area contributed by atoms with Gasteiger partial charge in [0.1, 0.15) is 0 Å². The molecule has 0 amide bonds. The van der Waals surface area contributed by atoms with Crippen molar-refractivity contribution in [3.63, 3.8) is 0 Å². The van der Waals surface area contributed by atoms with Crippen molar-refractivity contribution in [2.75, 3.05) is 23.3 Å². The molecule has 2 heterocycles. The summed E-state index contributed by atoms with van der Waals surface area (Å²) in [6, 6.07) is 5.96. The number of halogens is 1. The van der Waals surface area contributed by atoms with Gasteiger partial charge in [-0.15, -0.1) is 0 Å². The zero-order chi connectivity index (χ0) is 15.2. The van der Waals surface area contributed by atoms with Gasteiger partial charge in [0.2, 0.25) is 17.2 Å². The van der Waals surface area contributed by atoms with Crippen LogP contribution >= 0.6 is 11.6 Å². The average molecular weight is 307 g/mol. The van der Waals surface area contributed by atoms with Crippen molar-refractivity contribution in [3.8, 4) is 0 Å². The summed E-state index contributed by atoms with van der Waals surface area (Å²) in [5, 5.41) is 3.24. The normalized spacial score (nSPS) is 10.5. The van der Waals surface area contributed by atoms with Crippen LogP contribution in [0.1, 0.15) is 25.2 Å². The van der Waals surface area contributed by atoms with Crippen molar-refractivity contribution in [3.05, 3.63) is 34.9 Å². The number of anilines is 2. The molecule has 112 valence electrons. The molecule has 0 spiro atoms. The van der Waals surface area contributed by atoms with Crippen molar-refractivity contribution >= 4 is 23.5 Å². The second-order valence-electron chi connectivity index (χ2n) is 4.54. The number of hydrogen-bond acceptors (Lipinski definition) is 6. The Bertz CT molecular complexity index is 604. The van der Waals surface area contributed by atoms with E-state index >= 15 is 0 Å². The lowest BCUT2D eigenvalue weighted by Crippen LogP contribution is -2.25. The van der Waals surface area contributed by atoms with E-state index in [9.17, 15) is 0 Å². The molecule has 1 N–H and O–H groups in total. The van der Waals surface area contributed by atoms with Crippen molar-refractivity contribution < 1.29 is 0 Å². The monoisotopic (exact) mass is 306 g/mol. The van der Waals surface area contributed by atoms with Crippen LogP contribution in [0.15, 0.2) is 18.2 Å². The third-order valence-electron chi connectivity index (χ3n) is 2.89. The topological polar surface area (TPSA) is 66.8 Å². The lowest BCUT2D eigenvalue weighted by molar-refractivity contribution is 0.766. The van der Waals surface area contributed by atoms with Gasteiger partial charge in [-0.3, -0.25) is 4.98 Å². The molecule has 2 aromatic heterocycles. The largest absolute Gasteiger partial charge is 0.354 e. The van der Waals surface area contributed by atoms with Crippen molar-refractivity contribution in [2.45, 2.75) is 27.3 Å². The van der Waals surface area contributed by atoms with Crippen LogP contribution in [0.2, 0.25) is 5.28 Å². The zero-order valence-electron chi connectivity index (χ0n) is 12.5. The summed E-state index contributed by atoms with van der Waals surface area (Å²) in [5.41, 5.74) is 1.96. The maximum Gasteiger partial charge on any atom is 0.231 e. The van der Waals surface area contributed by atoms with Crippen LogP contribution in [0.4, 0.5) is 11.9 Å². The van der Waals surface area contributed by atoms with E-state index in [2.05, 4.69) is 25.3 Å². The minimum atomic E-state index is 0.187. The molecule has 0 aliphatic heterocycles. The first kappa shape index (κ1) is 15.4. The summed E-state index contributed by atoms with van der Waals surface area (Å²) >= 11 is 5.97. The number of nitrogens with zero attached hydrogens (tertiary/aromatic N) is 5. The van der Waals surface area contributed by atoms with Gasteiger partial charge >= 0.3 is 0 Å². The summed E-state index contributed by atoms with van der Waals surface area (Å²) in [6.45, 7) is 8.10. The van der Waals surface area contributed by atoms with Gasteiger partial charge < -0.3 is 10.2 Å². The number of pyridine rings is 1. The molecule has 0 aliphatic rings. The van der Waals surface area contributed by atoms with E-state index in [1.54, 1.807) is 0 Å². The molecule has 7 heteroatoms. The van der Waals surface area contributed by atoms with Crippen LogP contribution in [-0.2, 0) is 6.54 Å². The van der Waals surface area contributed by atoms with Crippen molar-refractivity contribution in [2.24, 2.45) is 0 Å². The fourth-order valence-corrected chi connectivity index (χ4v) is 2.08. The summed E-state index contributed by atoms with van der Waals surface area (Å²) < 4.78 is 0. The van der Waals surface area contributed by atoms with Crippen LogP contribution in [0, 0.1) is 6.92 Å². The van der Waals surface area contributed by atoms with Crippen LogP contribution < -0.4 is 10.2 Å². The van der Waals surface area contributed by atoms with Gasteiger partial charge in [0.15, 0.2) is 0 Å². The molecular weight excluding hydrogens is 288 g/mol. The standard InChI is InChI=1S/C14H19ClN6/c1-4-16-13-18-12(15)19-14(20-13)21(5-2)9-11-8-6-7-10(3)17-11/h6-8H,4-5,9H2,1-3H3,(H,16,18,19,20). The second kappa shape index (κ2) is 7.17. The van der Waals surface area contributed by atoms with Gasteiger partial charge in [-0.25, -0.2) is 0 Å². The summed E-state index contributed by atoms with van der Waals surface area (Å²) in [4.78, 5) is 19.2. The smallest absolute Gasteiger partial charge is 0.231 e. The highest BCUT2D eigenvalue weighted by Crippen LogP contribution is 2.15. The summed E-state index contributed by atoms with van der Waals surface area (Å²) in [6.07, 6.45) is 0. The van der Waals surface area contributed by atoms with Crippen LogP contribution in [0.5, 0.6) is 0 Å². The highest BCUT2D eigenvalue weighted by Gasteiger charge is 2.12. The SMILES string of the molecule is CCNc1nc(Cl)nc(N(CC)Cc2cccc(C)n2)n1.